The average molecular weight is 334 g/mol. The number of rotatable bonds is 3. The van der Waals surface area contributed by atoms with E-state index in [9.17, 15) is 9.59 Å². The molecule has 1 aliphatic heterocycles. The normalized spacial score (nSPS) is 16.4. The number of H-pyrrole nitrogens is 1. The Morgan fingerprint density at radius 1 is 1.39 bits per heavy atom. The molecule has 8 heteroatoms. The van der Waals surface area contributed by atoms with Crippen molar-refractivity contribution in [1.82, 2.24) is 9.97 Å². The number of hydrogen-bond acceptors (Lipinski definition) is 7. The van der Waals surface area contributed by atoms with Crippen molar-refractivity contribution in [1.29, 1.82) is 0 Å². The maximum atomic E-state index is 12.3. The topological polar surface area (TPSA) is 90.5 Å². The molecule has 0 fully saturated rings. The van der Waals surface area contributed by atoms with E-state index in [0.29, 0.717) is 29.3 Å². The number of nitrogens with zero attached hydrogens (tertiary/aromatic N) is 1. The molecule has 2 aromatic rings. The van der Waals surface area contributed by atoms with Crippen LogP contribution in [0.1, 0.15) is 22.7 Å². The summed E-state index contributed by atoms with van der Waals surface area (Å²) in [5, 5.41) is 0.685. The molecule has 0 saturated heterocycles. The summed E-state index contributed by atoms with van der Waals surface area (Å²) in [7, 11) is 0. The lowest BCUT2D eigenvalue weighted by atomic mass is 10.2. The van der Waals surface area contributed by atoms with Gasteiger partial charge in [0.15, 0.2) is 0 Å². The van der Waals surface area contributed by atoms with Crippen molar-refractivity contribution < 1.29 is 19.0 Å². The van der Waals surface area contributed by atoms with Gasteiger partial charge in [0.25, 0.3) is 5.56 Å². The molecule has 0 unspecified atom stereocenters. The first kappa shape index (κ1) is 14.3. The SMILES string of the molecule is O=C(OCc1nc2sc3c(c2c(=O)[nH]1)CCC3)C1=COCCO1. The van der Waals surface area contributed by atoms with Crippen LogP contribution in [-0.4, -0.2) is 29.2 Å². The molecule has 0 atom stereocenters. The van der Waals surface area contributed by atoms with E-state index in [1.54, 1.807) is 11.3 Å². The Bertz CT molecular complexity index is 867. The first-order valence-corrected chi connectivity index (χ1v) is 8.19. The fraction of sp³-hybridized carbons (Fsp3) is 0.400. The highest BCUT2D eigenvalue weighted by Crippen LogP contribution is 2.34. The van der Waals surface area contributed by atoms with Crippen molar-refractivity contribution in [2.45, 2.75) is 25.9 Å². The molecule has 23 heavy (non-hydrogen) atoms. The molecule has 1 aliphatic carbocycles. The van der Waals surface area contributed by atoms with Crippen molar-refractivity contribution in [3.63, 3.8) is 0 Å². The second kappa shape index (κ2) is 5.69. The van der Waals surface area contributed by atoms with E-state index >= 15 is 0 Å². The van der Waals surface area contributed by atoms with E-state index < -0.39 is 5.97 Å². The number of ether oxygens (including phenoxy) is 3. The van der Waals surface area contributed by atoms with E-state index in [4.69, 9.17) is 14.2 Å². The van der Waals surface area contributed by atoms with Gasteiger partial charge in [0.05, 0.1) is 5.39 Å². The number of thiophene rings is 1. The zero-order valence-electron chi connectivity index (χ0n) is 12.2. The molecule has 120 valence electrons. The van der Waals surface area contributed by atoms with Crippen LogP contribution in [0, 0.1) is 0 Å². The Balaban J connectivity index is 1.54. The largest absolute Gasteiger partial charge is 0.493 e. The molecule has 0 aromatic carbocycles. The van der Waals surface area contributed by atoms with Crippen LogP contribution in [0.5, 0.6) is 0 Å². The van der Waals surface area contributed by atoms with Crippen LogP contribution in [0.3, 0.4) is 0 Å². The number of aryl methyl sites for hydroxylation is 2. The molecule has 2 aliphatic rings. The van der Waals surface area contributed by atoms with Gasteiger partial charge >= 0.3 is 5.97 Å². The minimum Gasteiger partial charge on any atom is -0.493 e. The monoisotopic (exact) mass is 334 g/mol. The Hall–Kier alpha value is -2.35. The number of carbonyl (C=O) groups is 1. The van der Waals surface area contributed by atoms with Gasteiger partial charge in [-0.1, -0.05) is 0 Å². The first-order valence-electron chi connectivity index (χ1n) is 7.37. The third-order valence-corrected chi connectivity index (χ3v) is 5.00. The highest BCUT2D eigenvalue weighted by atomic mass is 32.1. The maximum absolute atomic E-state index is 12.3. The second-order valence-electron chi connectivity index (χ2n) is 5.33. The summed E-state index contributed by atoms with van der Waals surface area (Å²) in [6.45, 7) is 0.599. The van der Waals surface area contributed by atoms with Crippen LogP contribution in [0.4, 0.5) is 0 Å². The summed E-state index contributed by atoms with van der Waals surface area (Å²) in [4.78, 5) is 33.2. The predicted octanol–water partition coefficient (Wildman–Crippen LogP) is 1.40. The summed E-state index contributed by atoms with van der Waals surface area (Å²) in [6, 6.07) is 0. The number of carbonyl (C=O) groups excluding carboxylic acids is 1. The molecule has 0 amide bonds. The average Bonchev–Trinajstić information content (AvgIpc) is 3.13. The van der Waals surface area contributed by atoms with Gasteiger partial charge in [-0.3, -0.25) is 4.79 Å². The number of hydrogen-bond donors (Lipinski definition) is 1. The van der Waals surface area contributed by atoms with Gasteiger partial charge in [0.2, 0.25) is 5.76 Å². The standard InChI is InChI=1S/C15H14N2O5S/c18-13-12-8-2-1-3-10(8)23-14(12)17-11(16-13)7-22-15(19)9-6-20-4-5-21-9/h6H,1-5,7H2,(H,16,17,18). The van der Waals surface area contributed by atoms with Gasteiger partial charge in [-0.2, -0.15) is 0 Å². The smallest absolute Gasteiger partial charge is 0.377 e. The van der Waals surface area contributed by atoms with Crippen molar-refractivity contribution >= 4 is 27.5 Å². The zero-order chi connectivity index (χ0) is 15.8. The molecule has 2 aromatic heterocycles. The summed E-state index contributed by atoms with van der Waals surface area (Å²) in [5.41, 5.74) is 0.956. The lowest BCUT2D eigenvalue weighted by molar-refractivity contribution is -0.146. The Labute approximate surface area is 134 Å². The molecular formula is C15H14N2O5S. The van der Waals surface area contributed by atoms with Crippen molar-refractivity contribution in [3.8, 4) is 0 Å². The minimum absolute atomic E-state index is 0.0229. The van der Waals surface area contributed by atoms with Gasteiger partial charge < -0.3 is 19.2 Å². The van der Waals surface area contributed by atoms with Gasteiger partial charge in [-0.15, -0.1) is 11.3 Å². The van der Waals surface area contributed by atoms with E-state index in [-0.39, 0.29) is 17.9 Å². The molecule has 3 heterocycles. The Kier molecular flexibility index (Phi) is 3.53. The number of fused-ring (bicyclic) bond motifs is 3. The van der Waals surface area contributed by atoms with Gasteiger partial charge in [-0.25, -0.2) is 9.78 Å². The van der Waals surface area contributed by atoms with Crippen molar-refractivity contribution in [3.05, 3.63) is 38.6 Å². The van der Waals surface area contributed by atoms with E-state index in [1.165, 1.54) is 11.1 Å². The van der Waals surface area contributed by atoms with Crippen molar-refractivity contribution in [2.75, 3.05) is 13.2 Å². The van der Waals surface area contributed by atoms with E-state index in [2.05, 4.69) is 9.97 Å². The third kappa shape index (κ3) is 2.59. The molecule has 0 spiro atoms. The molecular weight excluding hydrogens is 320 g/mol. The van der Waals surface area contributed by atoms with Crippen LogP contribution in [0.2, 0.25) is 0 Å². The molecule has 0 saturated carbocycles. The molecule has 1 N–H and O–H groups in total. The summed E-state index contributed by atoms with van der Waals surface area (Å²) >= 11 is 1.55. The van der Waals surface area contributed by atoms with Crippen LogP contribution >= 0.6 is 11.3 Å². The lowest BCUT2D eigenvalue weighted by Crippen LogP contribution is -2.19. The Morgan fingerprint density at radius 2 is 2.30 bits per heavy atom. The van der Waals surface area contributed by atoms with Gasteiger partial charge in [0.1, 0.15) is 36.7 Å². The molecule has 7 nitrogen and oxygen atoms in total. The van der Waals surface area contributed by atoms with Gasteiger partial charge in [-0.05, 0) is 24.8 Å². The fourth-order valence-electron chi connectivity index (χ4n) is 2.80. The lowest BCUT2D eigenvalue weighted by Gasteiger charge is -2.14. The zero-order valence-corrected chi connectivity index (χ0v) is 13.0. The number of aromatic nitrogens is 2. The maximum Gasteiger partial charge on any atom is 0.377 e. The highest BCUT2D eigenvalue weighted by Gasteiger charge is 2.22. The summed E-state index contributed by atoms with van der Waals surface area (Å²) in [6.07, 6.45) is 4.26. The van der Waals surface area contributed by atoms with E-state index in [1.807, 2.05) is 0 Å². The first-order chi connectivity index (χ1) is 11.2. The highest BCUT2D eigenvalue weighted by molar-refractivity contribution is 7.18. The van der Waals surface area contributed by atoms with Crippen LogP contribution in [0.25, 0.3) is 10.2 Å². The minimum atomic E-state index is -0.638. The number of esters is 1. The van der Waals surface area contributed by atoms with Gasteiger partial charge in [0, 0.05) is 4.88 Å². The number of nitrogens with one attached hydrogen (secondary N) is 1. The van der Waals surface area contributed by atoms with Crippen LogP contribution < -0.4 is 5.56 Å². The van der Waals surface area contributed by atoms with E-state index in [0.717, 1.165) is 24.8 Å². The predicted molar refractivity (Wildman–Crippen MR) is 82.0 cm³/mol. The quantitative estimate of drug-likeness (QED) is 0.854. The molecule has 0 radical (unpaired) electrons. The second-order valence-corrected chi connectivity index (χ2v) is 6.41. The summed E-state index contributed by atoms with van der Waals surface area (Å²) in [5.74, 6) is -0.288. The fourth-order valence-corrected chi connectivity index (χ4v) is 4.08. The van der Waals surface area contributed by atoms with Crippen LogP contribution in [0.15, 0.2) is 16.8 Å². The Morgan fingerprint density at radius 3 is 3.13 bits per heavy atom. The molecule has 4 rings (SSSR count). The third-order valence-electron chi connectivity index (χ3n) is 3.81. The molecule has 0 bridgehead atoms. The van der Waals surface area contributed by atoms with Crippen molar-refractivity contribution in [2.24, 2.45) is 0 Å². The van der Waals surface area contributed by atoms with Crippen LogP contribution in [-0.2, 0) is 38.5 Å². The number of aromatic amines is 1. The summed E-state index contributed by atoms with van der Waals surface area (Å²) < 4.78 is 15.3.